The second-order valence-electron chi connectivity index (χ2n) is 9.37. The van der Waals surface area contributed by atoms with E-state index in [0.29, 0.717) is 6.61 Å². The number of piperidine rings is 1. The van der Waals surface area contributed by atoms with Crippen LogP contribution in [0.2, 0.25) is 0 Å². The number of rotatable bonds is 7. The Morgan fingerprint density at radius 3 is 2.62 bits per heavy atom. The first kappa shape index (κ1) is 26.1. The average Bonchev–Trinajstić information content (AvgIpc) is 3.34. The first-order valence-electron chi connectivity index (χ1n) is 12.9. The summed E-state index contributed by atoms with van der Waals surface area (Å²) in [4.78, 5) is 20.2. The lowest BCUT2D eigenvalue weighted by Crippen LogP contribution is -2.33. The van der Waals surface area contributed by atoms with Crippen molar-refractivity contribution in [1.29, 1.82) is 0 Å². The van der Waals surface area contributed by atoms with E-state index in [1.807, 2.05) is 63.3 Å². The highest BCUT2D eigenvalue weighted by molar-refractivity contribution is 5.78. The highest BCUT2D eigenvalue weighted by atomic mass is 16.5. The molecule has 0 radical (unpaired) electrons. The molecule has 7 heteroatoms. The molecular weight excluding hydrogens is 462 g/mol. The molecule has 1 aliphatic rings. The molecule has 1 unspecified atom stereocenters. The van der Waals surface area contributed by atoms with Crippen LogP contribution in [0, 0.1) is 0 Å². The van der Waals surface area contributed by atoms with E-state index in [1.54, 1.807) is 0 Å². The standard InChI is InChI=1S/C21H23N3O2.C9H14N2/c1-2-26-18-9-5-7-16(13-18)20-19-10-3-4-12-24(19)21(22-20)17-8-6-11-23(14-17)15-25;1-10-8-4-6-9(7-5-8)11(2)3/h3-5,7,9-10,12-13,15,17H,2,6,8,11,14H2,1H3;4-7,10H,1-3H3. The SMILES string of the molecule is CCOc1cccc(-c2nc(C3CCCN(C=O)C3)n3ccccc23)c1.CNc1ccc(N(C)C)cc1. The fraction of sp³-hybridized carbons (Fsp3) is 0.333. The number of imidazole rings is 1. The van der Waals surface area contributed by atoms with Crippen LogP contribution in [0.25, 0.3) is 16.8 Å². The van der Waals surface area contributed by atoms with Crippen LogP contribution in [0.1, 0.15) is 31.5 Å². The van der Waals surface area contributed by atoms with Crippen molar-refractivity contribution in [3.05, 3.63) is 78.8 Å². The van der Waals surface area contributed by atoms with Crippen LogP contribution in [0.15, 0.2) is 72.9 Å². The van der Waals surface area contributed by atoms with E-state index < -0.39 is 0 Å². The highest BCUT2D eigenvalue weighted by Gasteiger charge is 2.25. The van der Waals surface area contributed by atoms with Crippen molar-refractivity contribution in [2.24, 2.45) is 0 Å². The van der Waals surface area contributed by atoms with E-state index in [1.165, 1.54) is 5.69 Å². The fourth-order valence-corrected chi connectivity index (χ4v) is 4.70. The van der Waals surface area contributed by atoms with Crippen molar-refractivity contribution in [3.63, 3.8) is 0 Å². The van der Waals surface area contributed by atoms with Crippen molar-refractivity contribution >= 4 is 23.3 Å². The summed E-state index contributed by atoms with van der Waals surface area (Å²) >= 11 is 0. The van der Waals surface area contributed by atoms with Crippen LogP contribution < -0.4 is 15.0 Å². The molecule has 7 nitrogen and oxygen atoms in total. The Morgan fingerprint density at radius 1 is 1.11 bits per heavy atom. The molecule has 1 saturated heterocycles. The molecule has 5 rings (SSSR count). The largest absolute Gasteiger partial charge is 0.494 e. The summed E-state index contributed by atoms with van der Waals surface area (Å²) in [6.45, 7) is 4.20. The molecule has 0 aliphatic carbocycles. The van der Waals surface area contributed by atoms with Crippen molar-refractivity contribution in [3.8, 4) is 17.0 Å². The van der Waals surface area contributed by atoms with Gasteiger partial charge in [0.15, 0.2) is 0 Å². The fourth-order valence-electron chi connectivity index (χ4n) is 4.70. The molecular formula is C30H37N5O2. The predicted octanol–water partition coefficient (Wildman–Crippen LogP) is 5.53. The number of pyridine rings is 1. The number of carbonyl (C=O) groups is 1. The van der Waals surface area contributed by atoms with Gasteiger partial charge in [-0.15, -0.1) is 0 Å². The number of anilines is 2. The van der Waals surface area contributed by atoms with Gasteiger partial charge in [-0.3, -0.25) is 4.79 Å². The van der Waals surface area contributed by atoms with Gasteiger partial charge in [0.25, 0.3) is 0 Å². The number of fused-ring (bicyclic) bond motifs is 1. The van der Waals surface area contributed by atoms with E-state index in [4.69, 9.17) is 9.72 Å². The number of carbonyl (C=O) groups excluding carboxylic acids is 1. The lowest BCUT2D eigenvalue weighted by Gasteiger charge is -2.29. The zero-order valence-corrected chi connectivity index (χ0v) is 22.2. The van der Waals surface area contributed by atoms with E-state index in [0.717, 1.165) is 66.4 Å². The number of hydrogen-bond acceptors (Lipinski definition) is 5. The quantitative estimate of drug-likeness (QED) is 0.339. The summed E-state index contributed by atoms with van der Waals surface area (Å²) in [6, 6.07) is 22.6. The maximum Gasteiger partial charge on any atom is 0.209 e. The lowest BCUT2D eigenvalue weighted by atomic mass is 9.97. The Kier molecular flexibility index (Phi) is 8.67. The van der Waals surface area contributed by atoms with Gasteiger partial charge in [0, 0.05) is 63.3 Å². The lowest BCUT2D eigenvalue weighted by molar-refractivity contribution is -0.119. The maximum atomic E-state index is 11.2. The van der Waals surface area contributed by atoms with Crippen LogP contribution >= 0.6 is 0 Å². The van der Waals surface area contributed by atoms with Gasteiger partial charge in [0.1, 0.15) is 11.6 Å². The number of aromatic nitrogens is 2. The Labute approximate surface area is 219 Å². The van der Waals surface area contributed by atoms with Gasteiger partial charge < -0.3 is 24.3 Å². The molecule has 3 heterocycles. The molecule has 1 amide bonds. The van der Waals surface area contributed by atoms with Crippen LogP contribution in [-0.2, 0) is 4.79 Å². The zero-order valence-electron chi connectivity index (χ0n) is 22.2. The number of nitrogens with zero attached hydrogens (tertiary/aromatic N) is 4. The highest BCUT2D eigenvalue weighted by Crippen LogP contribution is 2.33. The third-order valence-corrected chi connectivity index (χ3v) is 6.63. The summed E-state index contributed by atoms with van der Waals surface area (Å²) in [5.74, 6) is 2.14. The predicted molar refractivity (Wildman–Crippen MR) is 152 cm³/mol. The van der Waals surface area contributed by atoms with Crippen molar-refractivity contribution in [2.45, 2.75) is 25.7 Å². The van der Waals surface area contributed by atoms with Gasteiger partial charge in [0.2, 0.25) is 6.41 Å². The molecule has 2 aromatic carbocycles. The van der Waals surface area contributed by atoms with Gasteiger partial charge >= 0.3 is 0 Å². The number of benzene rings is 2. The van der Waals surface area contributed by atoms with E-state index in [-0.39, 0.29) is 5.92 Å². The molecule has 37 heavy (non-hydrogen) atoms. The van der Waals surface area contributed by atoms with Crippen molar-refractivity contribution in [2.75, 3.05) is 51.1 Å². The minimum Gasteiger partial charge on any atom is -0.494 e. The van der Waals surface area contributed by atoms with E-state index in [2.05, 4.69) is 57.2 Å². The molecule has 194 valence electrons. The van der Waals surface area contributed by atoms with Crippen LogP contribution in [-0.4, -0.2) is 61.5 Å². The zero-order chi connectivity index (χ0) is 26.2. The molecule has 4 aromatic rings. The van der Waals surface area contributed by atoms with Gasteiger partial charge in [-0.2, -0.15) is 0 Å². The molecule has 1 fully saturated rings. The Bertz CT molecular complexity index is 1300. The number of likely N-dealkylation sites (tertiary alicyclic amines) is 1. The molecule has 2 aromatic heterocycles. The molecule has 1 atom stereocenters. The second-order valence-corrected chi connectivity index (χ2v) is 9.37. The normalized spacial score (nSPS) is 15.0. The summed E-state index contributed by atoms with van der Waals surface area (Å²) in [6.07, 6.45) is 5.08. The molecule has 1 aliphatic heterocycles. The number of amides is 1. The molecule has 1 N–H and O–H groups in total. The van der Waals surface area contributed by atoms with Crippen molar-refractivity contribution < 1.29 is 9.53 Å². The minimum atomic E-state index is 0.257. The molecule has 0 saturated carbocycles. The van der Waals surface area contributed by atoms with Gasteiger partial charge in [-0.25, -0.2) is 4.98 Å². The van der Waals surface area contributed by atoms with Crippen LogP contribution in [0.4, 0.5) is 11.4 Å². The van der Waals surface area contributed by atoms with E-state index >= 15 is 0 Å². The molecule has 0 bridgehead atoms. The summed E-state index contributed by atoms with van der Waals surface area (Å²) in [5, 5.41) is 3.07. The van der Waals surface area contributed by atoms with Gasteiger partial charge in [-0.05, 0) is 68.3 Å². The summed E-state index contributed by atoms with van der Waals surface area (Å²) in [5.41, 5.74) is 5.47. The van der Waals surface area contributed by atoms with Crippen LogP contribution in [0.3, 0.4) is 0 Å². The van der Waals surface area contributed by atoms with Gasteiger partial charge in [0.05, 0.1) is 17.8 Å². The number of nitrogens with one attached hydrogen (secondary N) is 1. The van der Waals surface area contributed by atoms with E-state index in [9.17, 15) is 4.79 Å². The third-order valence-electron chi connectivity index (χ3n) is 6.63. The summed E-state index contributed by atoms with van der Waals surface area (Å²) in [7, 11) is 5.99. The minimum absolute atomic E-state index is 0.257. The Hall–Kier alpha value is -4.00. The first-order chi connectivity index (χ1) is 18.0. The Balaban J connectivity index is 0.000000245. The monoisotopic (exact) mass is 499 g/mol. The second kappa shape index (κ2) is 12.3. The number of ether oxygens (including phenoxy) is 1. The smallest absolute Gasteiger partial charge is 0.209 e. The van der Waals surface area contributed by atoms with Crippen LogP contribution in [0.5, 0.6) is 5.75 Å². The summed E-state index contributed by atoms with van der Waals surface area (Å²) < 4.78 is 7.82. The topological polar surface area (TPSA) is 62.1 Å². The van der Waals surface area contributed by atoms with Gasteiger partial charge in [-0.1, -0.05) is 18.2 Å². The van der Waals surface area contributed by atoms with Crippen molar-refractivity contribution in [1.82, 2.24) is 14.3 Å². The maximum absolute atomic E-state index is 11.2. The first-order valence-corrected chi connectivity index (χ1v) is 12.9. The third kappa shape index (κ3) is 6.23. The average molecular weight is 500 g/mol. The Morgan fingerprint density at radius 2 is 1.92 bits per heavy atom. The number of hydrogen-bond donors (Lipinski definition) is 1. The molecule has 0 spiro atoms.